The number of likely N-dealkylation sites (N-methyl/N-ethyl adjacent to an activating group) is 1. The summed E-state index contributed by atoms with van der Waals surface area (Å²) in [5, 5.41) is 12.5. The van der Waals surface area contributed by atoms with Gasteiger partial charge in [0, 0.05) is 66.0 Å². The van der Waals surface area contributed by atoms with Crippen molar-refractivity contribution in [3.05, 3.63) is 85.1 Å². The minimum Gasteiger partial charge on any atom is -0.353 e. The number of carbonyl (C=O) groups is 1. The molecule has 1 aliphatic rings. The fourth-order valence-electron chi connectivity index (χ4n) is 5.31. The van der Waals surface area contributed by atoms with E-state index < -0.39 is 0 Å². The number of fused-ring (bicyclic) bond motifs is 2. The molecule has 204 valence electrons. The van der Waals surface area contributed by atoms with Crippen molar-refractivity contribution < 1.29 is 9.18 Å². The van der Waals surface area contributed by atoms with E-state index in [9.17, 15) is 9.18 Å². The van der Waals surface area contributed by atoms with Crippen LogP contribution in [-0.4, -0.2) is 74.2 Å². The zero-order chi connectivity index (χ0) is 27.9. The molecule has 3 N–H and O–H groups in total. The first-order valence-electron chi connectivity index (χ1n) is 13.4. The molecule has 0 radical (unpaired) electrons. The molecule has 9 nitrogen and oxygen atoms in total. The van der Waals surface area contributed by atoms with Crippen LogP contribution in [0.5, 0.6) is 0 Å². The largest absolute Gasteiger partial charge is 0.353 e. The van der Waals surface area contributed by atoms with Crippen molar-refractivity contribution in [2.24, 2.45) is 0 Å². The average molecular weight is 547 g/mol. The predicted octanol–water partition coefficient (Wildman–Crippen LogP) is 5.75. The first-order chi connectivity index (χ1) is 20.0. The van der Waals surface area contributed by atoms with Gasteiger partial charge in [-0.25, -0.2) is 14.2 Å². The Bertz CT molecular complexity index is 1890. The summed E-state index contributed by atoms with van der Waals surface area (Å²) in [5.74, 6) is -0.264. The highest BCUT2D eigenvalue weighted by atomic mass is 19.1. The maximum atomic E-state index is 13.5. The molecule has 2 amide bonds. The number of anilines is 1. The van der Waals surface area contributed by atoms with Gasteiger partial charge in [-0.2, -0.15) is 5.10 Å². The second-order valence-electron chi connectivity index (χ2n) is 10.3. The maximum absolute atomic E-state index is 13.5. The highest BCUT2D eigenvalue weighted by molar-refractivity contribution is 6.01. The number of benzene rings is 2. The highest BCUT2D eigenvalue weighted by Crippen LogP contribution is 2.35. The summed E-state index contributed by atoms with van der Waals surface area (Å²) in [7, 11) is 2.06. The third-order valence-corrected chi connectivity index (χ3v) is 7.60. The molecule has 0 spiro atoms. The normalized spacial score (nSPS) is 14.1. The van der Waals surface area contributed by atoms with Gasteiger partial charge < -0.3 is 20.1 Å². The smallest absolute Gasteiger partial charge is 0.321 e. The van der Waals surface area contributed by atoms with E-state index in [-0.39, 0.29) is 11.8 Å². The standard InChI is InChI=1S/C31H27FN8O/c1-39-9-11-40(12-10-39)31(41)35-23-13-20(16-33-18-23)21-14-26-29(37-38-30(26)34-17-21)28-15-25-24(3-2-4-27(25)36-28)19-5-7-22(32)8-6-19/h2-8,13-18,36H,9-12H2,1H3,(H,35,41)(H,34,37,38). The average Bonchev–Trinajstić information content (AvgIpc) is 3.62. The summed E-state index contributed by atoms with van der Waals surface area (Å²) < 4.78 is 13.5. The second-order valence-corrected chi connectivity index (χ2v) is 10.3. The van der Waals surface area contributed by atoms with Gasteiger partial charge >= 0.3 is 6.03 Å². The molecule has 7 rings (SSSR count). The number of halogens is 1. The van der Waals surface area contributed by atoms with E-state index in [0.29, 0.717) is 24.4 Å². The zero-order valence-corrected chi connectivity index (χ0v) is 22.4. The maximum Gasteiger partial charge on any atom is 0.321 e. The molecule has 5 heterocycles. The number of hydrogen-bond donors (Lipinski definition) is 3. The Morgan fingerprint density at radius 3 is 2.54 bits per heavy atom. The molecule has 4 aromatic heterocycles. The highest BCUT2D eigenvalue weighted by Gasteiger charge is 2.20. The molecule has 1 aliphatic heterocycles. The number of carbonyl (C=O) groups excluding carboxylic acids is 1. The van der Waals surface area contributed by atoms with Crippen LogP contribution < -0.4 is 5.32 Å². The fraction of sp³-hybridized carbons (Fsp3) is 0.161. The van der Waals surface area contributed by atoms with Gasteiger partial charge in [-0.05, 0) is 54.6 Å². The Morgan fingerprint density at radius 2 is 1.71 bits per heavy atom. The third kappa shape index (κ3) is 4.78. The topological polar surface area (TPSA) is 106 Å². The Labute approximate surface area is 235 Å². The number of hydrogen-bond acceptors (Lipinski definition) is 5. The number of urea groups is 1. The van der Waals surface area contributed by atoms with E-state index in [2.05, 4.69) is 48.5 Å². The van der Waals surface area contributed by atoms with Crippen LogP contribution >= 0.6 is 0 Å². The summed E-state index contributed by atoms with van der Waals surface area (Å²) in [6, 6.07) is 18.4. The molecular formula is C31H27FN8O. The van der Waals surface area contributed by atoms with Gasteiger partial charge in [-0.15, -0.1) is 0 Å². The summed E-state index contributed by atoms with van der Waals surface area (Å²) in [5.41, 5.74) is 7.45. The number of aromatic nitrogens is 5. The lowest BCUT2D eigenvalue weighted by Gasteiger charge is -2.32. The summed E-state index contributed by atoms with van der Waals surface area (Å²) in [6.45, 7) is 3.10. The van der Waals surface area contributed by atoms with Gasteiger partial charge in [0.1, 0.15) is 11.5 Å². The molecule has 0 aliphatic carbocycles. The Hall–Kier alpha value is -5.09. The molecule has 0 atom stereocenters. The van der Waals surface area contributed by atoms with Crippen LogP contribution in [-0.2, 0) is 0 Å². The quantitative estimate of drug-likeness (QED) is 0.261. The number of nitrogens with one attached hydrogen (secondary N) is 3. The van der Waals surface area contributed by atoms with E-state index in [1.165, 1.54) is 12.1 Å². The molecular weight excluding hydrogens is 519 g/mol. The number of rotatable bonds is 4. The van der Waals surface area contributed by atoms with Crippen LogP contribution in [0, 0.1) is 5.82 Å². The lowest BCUT2D eigenvalue weighted by atomic mass is 10.0. The molecule has 0 saturated carbocycles. The van der Waals surface area contributed by atoms with Crippen LogP contribution in [0.3, 0.4) is 0 Å². The van der Waals surface area contributed by atoms with Crippen LogP contribution in [0.1, 0.15) is 0 Å². The number of aromatic amines is 2. The molecule has 10 heteroatoms. The van der Waals surface area contributed by atoms with Gasteiger partial charge in [-0.1, -0.05) is 24.3 Å². The number of nitrogens with zero attached hydrogens (tertiary/aromatic N) is 5. The van der Waals surface area contributed by atoms with Crippen LogP contribution in [0.4, 0.5) is 14.9 Å². The van der Waals surface area contributed by atoms with Gasteiger partial charge in [0.15, 0.2) is 5.65 Å². The molecule has 0 bridgehead atoms. The zero-order valence-electron chi connectivity index (χ0n) is 22.4. The SMILES string of the molecule is CN1CCN(C(=O)Nc2cncc(-c3cnc4[nH]nc(-c5cc6c(-c7ccc(F)cc7)cccc6[nH]5)c4c3)c2)CC1. The van der Waals surface area contributed by atoms with Crippen molar-refractivity contribution >= 4 is 33.7 Å². The Balaban J connectivity index is 1.20. The van der Waals surface area contributed by atoms with Gasteiger partial charge in [0.2, 0.25) is 0 Å². The number of amides is 2. The van der Waals surface area contributed by atoms with E-state index in [1.54, 1.807) is 30.7 Å². The van der Waals surface area contributed by atoms with Crippen molar-refractivity contribution in [2.75, 3.05) is 38.5 Å². The van der Waals surface area contributed by atoms with Gasteiger partial charge in [-0.3, -0.25) is 10.1 Å². The van der Waals surface area contributed by atoms with Crippen molar-refractivity contribution in [1.29, 1.82) is 0 Å². The van der Waals surface area contributed by atoms with E-state index >= 15 is 0 Å². The van der Waals surface area contributed by atoms with Crippen LogP contribution in [0.15, 0.2) is 79.3 Å². The number of pyridine rings is 2. The number of H-pyrrole nitrogens is 2. The fourth-order valence-corrected chi connectivity index (χ4v) is 5.31. The van der Waals surface area contributed by atoms with E-state index in [1.807, 2.05) is 35.2 Å². The Morgan fingerprint density at radius 1 is 0.902 bits per heavy atom. The number of piperazine rings is 1. The second kappa shape index (κ2) is 10.1. The molecule has 1 saturated heterocycles. The van der Waals surface area contributed by atoms with Crippen molar-refractivity contribution in [2.45, 2.75) is 0 Å². The van der Waals surface area contributed by atoms with Crippen LogP contribution in [0.2, 0.25) is 0 Å². The van der Waals surface area contributed by atoms with Gasteiger partial charge in [0.05, 0.1) is 17.6 Å². The first kappa shape index (κ1) is 24.9. The minimum absolute atomic E-state index is 0.124. The summed E-state index contributed by atoms with van der Waals surface area (Å²) in [4.78, 5) is 29.3. The monoisotopic (exact) mass is 546 g/mol. The van der Waals surface area contributed by atoms with Crippen LogP contribution in [0.25, 0.3) is 55.6 Å². The molecule has 2 aromatic carbocycles. The minimum atomic E-state index is -0.264. The molecule has 6 aromatic rings. The molecule has 1 fully saturated rings. The first-order valence-corrected chi connectivity index (χ1v) is 13.4. The van der Waals surface area contributed by atoms with Crippen molar-refractivity contribution in [3.63, 3.8) is 0 Å². The lowest BCUT2D eigenvalue weighted by Crippen LogP contribution is -2.48. The lowest BCUT2D eigenvalue weighted by molar-refractivity contribution is 0.164. The van der Waals surface area contributed by atoms with Crippen molar-refractivity contribution in [3.8, 4) is 33.6 Å². The summed E-state index contributed by atoms with van der Waals surface area (Å²) >= 11 is 0. The molecule has 0 unspecified atom stereocenters. The molecule has 41 heavy (non-hydrogen) atoms. The van der Waals surface area contributed by atoms with Gasteiger partial charge in [0.25, 0.3) is 0 Å². The van der Waals surface area contributed by atoms with E-state index in [0.717, 1.165) is 63.0 Å². The van der Waals surface area contributed by atoms with E-state index in [4.69, 9.17) is 0 Å². The predicted molar refractivity (Wildman–Crippen MR) is 158 cm³/mol. The summed E-state index contributed by atoms with van der Waals surface area (Å²) in [6.07, 6.45) is 5.17. The van der Waals surface area contributed by atoms with Crippen molar-refractivity contribution in [1.82, 2.24) is 34.9 Å². The Kier molecular flexibility index (Phi) is 6.16. The third-order valence-electron chi connectivity index (χ3n) is 7.60.